The molecule has 2 rings (SSSR count). The number of hydrogen-bond acceptors (Lipinski definition) is 5. The SMILES string of the molecule is Cl.O=C(CS(=O)(=O)Cc1ccc(Br)cc1)NCC1CNCC1O. The minimum absolute atomic E-state index is 0. The fourth-order valence-corrected chi connectivity index (χ4v) is 3.88. The molecule has 0 spiro atoms. The third-order valence-corrected chi connectivity index (χ3v) is 5.52. The molecule has 1 fully saturated rings. The molecule has 0 aromatic heterocycles. The van der Waals surface area contributed by atoms with E-state index in [2.05, 4.69) is 26.6 Å². The van der Waals surface area contributed by atoms with Crippen molar-refractivity contribution in [2.24, 2.45) is 5.92 Å². The Balaban J connectivity index is 0.00000264. The lowest BCUT2D eigenvalue weighted by molar-refractivity contribution is -0.118. The van der Waals surface area contributed by atoms with E-state index in [0.717, 1.165) is 4.47 Å². The predicted molar refractivity (Wildman–Crippen MR) is 94.3 cm³/mol. The molecule has 130 valence electrons. The summed E-state index contributed by atoms with van der Waals surface area (Å²) in [4.78, 5) is 11.8. The van der Waals surface area contributed by atoms with Gasteiger partial charge in [-0.05, 0) is 17.7 Å². The molecule has 3 N–H and O–H groups in total. The maximum Gasteiger partial charge on any atom is 0.235 e. The number of halogens is 2. The van der Waals surface area contributed by atoms with Crippen molar-refractivity contribution >= 4 is 44.1 Å². The van der Waals surface area contributed by atoms with Gasteiger partial charge in [0.2, 0.25) is 5.91 Å². The van der Waals surface area contributed by atoms with Crippen LogP contribution in [-0.4, -0.2) is 50.9 Å². The molecule has 1 aromatic rings. The smallest absolute Gasteiger partial charge is 0.235 e. The number of nitrogens with one attached hydrogen (secondary N) is 2. The second-order valence-electron chi connectivity index (χ2n) is 5.45. The monoisotopic (exact) mass is 426 g/mol. The third-order valence-electron chi connectivity index (χ3n) is 3.52. The Morgan fingerprint density at radius 1 is 1.30 bits per heavy atom. The zero-order valence-corrected chi connectivity index (χ0v) is 15.6. The molecule has 6 nitrogen and oxygen atoms in total. The highest BCUT2D eigenvalue weighted by Gasteiger charge is 2.26. The number of carbonyl (C=O) groups is 1. The highest BCUT2D eigenvalue weighted by molar-refractivity contribution is 9.10. The van der Waals surface area contributed by atoms with Crippen LogP contribution in [0, 0.1) is 5.92 Å². The normalized spacial score (nSPS) is 20.8. The first kappa shape index (κ1) is 20.4. The van der Waals surface area contributed by atoms with Gasteiger partial charge in [-0.2, -0.15) is 0 Å². The molecule has 23 heavy (non-hydrogen) atoms. The van der Waals surface area contributed by atoms with Gasteiger partial charge in [-0.1, -0.05) is 28.1 Å². The molecule has 1 aliphatic rings. The Kier molecular flexibility index (Phi) is 7.96. The second-order valence-corrected chi connectivity index (χ2v) is 8.43. The first-order valence-electron chi connectivity index (χ1n) is 6.96. The molecule has 1 saturated heterocycles. The van der Waals surface area contributed by atoms with E-state index in [1.165, 1.54) is 0 Å². The summed E-state index contributed by atoms with van der Waals surface area (Å²) in [5.41, 5.74) is 0.645. The number of rotatable bonds is 6. The van der Waals surface area contributed by atoms with Crippen LogP contribution in [0.25, 0.3) is 0 Å². The lowest BCUT2D eigenvalue weighted by Crippen LogP contribution is -2.37. The van der Waals surface area contributed by atoms with Crippen molar-refractivity contribution in [2.45, 2.75) is 11.9 Å². The Morgan fingerprint density at radius 3 is 2.52 bits per heavy atom. The van der Waals surface area contributed by atoms with Gasteiger partial charge in [0, 0.05) is 30.0 Å². The molecule has 0 saturated carbocycles. The molecule has 1 aromatic carbocycles. The molecule has 0 radical (unpaired) electrons. The summed E-state index contributed by atoms with van der Waals surface area (Å²) in [6.07, 6.45) is -0.500. The number of amides is 1. The lowest BCUT2D eigenvalue weighted by atomic mass is 10.1. The number of carbonyl (C=O) groups excluding carboxylic acids is 1. The highest BCUT2D eigenvalue weighted by atomic mass is 79.9. The van der Waals surface area contributed by atoms with Crippen LogP contribution in [0.5, 0.6) is 0 Å². The van der Waals surface area contributed by atoms with Gasteiger partial charge in [0.25, 0.3) is 0 Å². The average molecular weight is 428 g/mol. The van der Waals surface area contributed by atoms with Gasteiger partial charge in [0.15, 0.2) is 9.84 Å². The number of β-amino-alcohol motifs (C(OH)–C–C–N with tert-alkyl or cyclic N) is 1. The van der Waals surface area contributed by atoms with Crippen LogP contribution in [0.1, 0.15) is 5.56 Å². The lowest BCUT2D eigenvalue weighted by Gasteiger charge is -2.14. The maximum absolute atomic E-state index is 12.0. The summed E-state index contributed by atoms with van der Waals surface area (Å²) >= 11 is 3.28. The highest BCUT2D eigenvalue weighted by Crippen LogP contribution is 2.13. The van der Waals surface area contributed by atoms with E-state index in [9.17, 15) is 18.3 Å². The minimum atomic E-state index is -3.51. The Bertz CT molecular complexity index is 624. The molecule has 1 aliphatic heterocycles. The molecule has 1 amide bonds. The summed E-state index contributed by atoms with van der Waals surface area (Å²) in [6.45, 7) is 1.40. The van der Waals surface area contributed by atoms with E-state index in [4.69, 9.17) is 0 Å². The van der Waals surface area contributed by atoms with Crippen molar-refractivity contribution < 1.29 is 18.3 Å². The van der Waals surface area contributed by atoms with Gasteiger partial charge < -0.3 is 15.7 Å². The summed E-state index contributed by atoms with van der Waals surface area (Å²) in [5, 5.41) is 15.2. The second kappa shape index (κ2) is 8.98. The van der Waals surface area contributed by atoms with E-state index in [1.54, 1.807) is 24.3 Å². The van der Waals surface area contributed by atoms with Crippen molar-refractivity contribution in [3.63, 3.8) is 0 Å². The van der Waals surface area contributed by atoms with Crippen molar-refractivity contribution in [3.8, 4) is 0 Å². The van der Waals surface area contributed by atoms with Gasteiger partial charge in [-0.25, -0.2) is 8.42 Å². The zero-order chi connectivity index (χ0) is 16.2. The van der Waals surface area contributed by atoms with Crippen LogP contribution in [-0.2, 0) is 20.4 Å². The molecule has 1 heterocycles. The van der Waals surface area contributed by atoms with Crippen LogP contribution >= 0.6 is 28.3 Å². The largest absolute Gasteiger partial charge is 0.391 e. The van der Waals surface area contributed by atoms with Crippen molar-refractivity contribution in [1.82, 2.24) is 10.6 Å². The molecule has 9 heteroatoms. The molecular formula is C14H20BrClN2O4S. The topological polar surface area (TPSA) is 95.5 Å². The van der Waals surface area contributed by atoms with Crippen LogP contribution in [0.15, 0.2) is 28.7 Å². The third kappa shape index (κ3) is 6.76. The summed E-state index contributed by atoms with van der Waals surface area (Å²) in [5.74, 6) is -1.31. The Hall–Kier alpha value is -0.670. The van der Waals surface area contributed by atoms with E-state index < -0.39 is 27.6 Å². The van der Waals surface area contributed by atoms with Gasteiger partial charge in [-0.3, -0.25) is 4.79 Å². The van der Waals surface area contributed by atoms with Gasteiger partial charge in [0.1, 0.15) is 5.75 Å². The number of hydrogen-bond donors (Lipinski definition) is 3. The fraction of sp³-hybridized carbons (Fsp3) is 0.500. The van der Waals surface area contributed by atoms with E-state index in [1.807, 2.05) is 0 Å². The van der Waals surface area contributed by atoms with E-state index >= 15 is 0 Å². The van der Waals surface area contributed by atoms with Gasteiger partial charge >= 0.3 is 0 Å². The standard InChI is InChI=1S/C14H19BrN2O4S.ClH/c15-12-3-1-10(2-4-12)8-22(20,21)9-14(19)17-6-11-5-16-7-13(11)18;/h1-4,11,13,16,18H,5-9H2,(H,17,19);1H. The number of aliphatic hydroxyl groups is 1. The number of benzene rings is 1. The number of aliphatic hydroxyl groups excluding tert-OH is 1. The maximum atomic E-state index is 12.0. The van der Waals surface area contributed by atoms with Crippen molar-refractivity contribution in [2.75, 3.05) is 25.4 Å². The zero-order valence-electron chi connectivity index (χ0n) is 12.4. The van der Waals surface area contributed by atoms with Crippen molar-refractivity contribution in [3.05, 3.63) is 34.3 Å². The molecule has 0 bridgehead atoms. The number of sulfone groups is 1. The molecule has 0 aliphatic carbocycles. The predicted octanol–water partition coefficient (Wildman–Crippen LogP) is 0.482. The summed E-state index contributed by atoms with van der Waals surface area (Å²) < 4.78 is 24.9. The van der Waals surface area contributed by atoms with Gasteiger partial charge in [-0.15, -0.1) is 12.4 Å². The molecule has 2 unspecified atom stereocenters. The summed E-state index contributed by atoms with van der Waals surface area (Å²) in [6, 6.07) is 6.94. The minimum Gasteiger partial charge on any atom is -0.391 e. The Morgan fingerprint density at radius 2 is 1.96 bits per heavy atom. The molecular weight excluding hydrogens is 408 g/mol. The van der Waals surface area contributed by atoms with Crippen LogP contribution in [0.3, 0.4) is 0 Å². The van der Waals surface area contributed by atoms with E-state index in [0.29, 0.717) is 18.7 Å². The van der Waals surface area contributed by atoms with Crippen LogP contribution < -0.4 is 10.6 Å². The average Bonchev–Trinajstić information content (AvgIpc) is 2.84. The van der Waals surface area contributed by atoms with Crippen LogP contribution in [0.4, 0.5) is 0 Å². The molecule has 2 atom stereocenters. The fourth-order valence-electron chi connectivity index (χ4n) is 2.31. The summed E-state index contributed by atoms with van der Waals surface area (Å²) in [7, 11) is -3.51. The first-order chi connectivity index (χ1) is 10.4. The first-order valence-corrected chi connectivity index (χ1v) is 9.57. The van der Waals surface area contributed by atoms with Crippen molar-refractivity contribution in [1.29, 1.82) is 0 Å². The van der Waals surface area contributed by atoms with Gasteiger partial charge in [0.05, 0.1) is 11.9 Å². The van der Waals surface area contributed by atoms with Crippen LogP contribution in [0.2, 0.25) is 0 Å². The Labute approximate surface area is 150 Å². The quantitative estimate of drug-likeness (QED) is 0.614. The van der Waals surface area contributed by atoms with E-state index in [-0.39, 0.29) is 30.6 Å².